The van der Waals surface area contributed by atoms with Crippen LogP contribution in [0.1, 0.15) is 22.3 Å². The molecule has 3 aromatic rings. The van der Waals surface area contributed by atoms with Gasteiger partial charge in [-0.25, -0.2) is 14.8 Å². The number of carbonyl (C=O) groups is 1. The fraction of sp³-hybridized carbons (Fsp3) is 0.150. The monoisotopic (exact) mass is 382 g/mol. The van der Waals surface area contributed by atoms with Gasteiger partial charge in [-0.1, -0.05) is 0 Å². The number of carbonyl (C=O) groups excluding carboxylic acids is 1. The number of esters is 1. The predicted octanol–water partition coefficient (Wildman–Crippen LogP) is 2.45. The van der Waals surface area contributed by atoms with Crippen molar-refractivity contribution in [2.45, 2.75) is 6.10 Å². The Kier molecular flexibility index (Phi) is 5.83. The summed E-state index contributed by atoms with van der Waals surface area (Å²) in [7, 11) is 1.22. The van der Waals surface area contributed by atoms with Crippen LogP contribution in [-0.4, -0.2) is 45.0 Å². The largest absolute Gasteiger partial charge is 0.508 e. The summed E-state index contributed by atoms with van der Waals surface area (Å²) in [4.78, 5) is 20.2. The van der Waals surface area contributed by atoms with Crippen molar-refractivity contribution in [3.05, 3.63) is 66.0 Å². The van der Waals surface area contributed by atoms with Crippen molar-refractivity contribution in [1.29, 1.82) is 0 Å². The first-order valence-corrected chi connectivity index (χ1v) is 8.33. The van der Waals surface area contributed by atoms with E-state index < -0.39 is 18.7 Å². The number of methoxy groups -OCH3 is 1. The van der Waals surface area contributed by atoms with Crippen LogP contribution in [0.15, 0.2) is 54.6 Å². The Labute approximate surface area is 160 Å². The third kappa shape index (κ3) is 4.43. The highest BCUT2D eigenvalue weighted by Gasteiger charge is 2.17. The van der Waals surface area contributed by atoms with Crippen LogP contribution in [-0.2, 0) is 4.74 Å². The second kappa shape index (κ2) is 8.47. The molecule has 0 saturated heterocycles. The van der Waals surface area contributed by atoms with Crippen LogP contribution in [0.3, 0.4) is 0 Å². The second-order valence-electron chi connectivity index (χ2n) is 5.81. The third-order valence-corrected chi connectivity index (χ3v) is 3.84. The van der Waals surface area contributed by atoms with Crippen LogP contribution in [0.25, 0.3) is 11.4 Å². The van der Waals surface area contributed by atoms with Gasteiger partial charge in [-0.2, -0.15) is 0 Å². The van der Waals surface area contributed by atoms with E-state index in [1.165, 1.54) is 25.3 Å². The number of phenols is 1. The standard InChI is InChI=1S/C20H18N2O6/c1-27-20(26)17-10-16(18(25)11-23)21-19(22-17)12-2-6-14(7-3-12)28-15-8-4-13(24)5-9-15/h2-10,18,23-25H,11H2,1H3/t18-/m1/s1. The smallest absolute Gasteiger partial charge is 0.356 e. The normalized spacial score (nSPS) is 11.7. The number of phenolic OH excluding ortho intramolecular Hbond substituents is 1. The van der Waals surface area contributed by atoms with Gasteiger partial charge in [0.15, 0.2) is 11.5 Å². The number of hydrogen-bond acceptors (Lipinski definition) is 8. The third-order valence-electron chi connectivity index (χ3n) is 3.84. The molecule has 0 saturated carbocycles. The van der Waals surface area contributed by atoms with Crippen LogP contribution in [0, 0.1) is 0 Å². The first-order valence-electron chi connectivity index (χ1n) is 8.33. The molecule has 0 unspecified atom stereocenters. The van der Waals surface area contributed by atoms with Crippen LogP contribution in [0.5, 0.6) is 17.2 Å². The number of aliphatic hydroxyl groups excluding tert-OH is 2. The number of ether oxygens (including phenoxy) is 2. The fourth-order valence-corrected chi connectivity index (χ4v) is 2.39. The van der Waals surface area contributed by atoms with E-state index in [0.717, 1.165) is 0 Å². The molecule has 3 rings (SSSR count). The van der Waals surface area contributed by atoms with Gasteiger partial charge < -0.3 is 24.8 Å². The summed E-state index contributed by atoms with van der Waals surface area (Å²) in [6.45, 7) is -0.545. The van der Waals surface area contributed by atoms with Crippen LogP contribution < -0.4 is 4.74 Å². The SMILES string of the molecule is COC(=O)c1cc([C@H](O)CO)nc(-c2ccc(Oc3ccc(O)cc3)cc2)n1. The Morgan fingerprint density at radius 2 is 1.64 bits per heavy atom. The molecular weight excluding hydrogens is 364 g/mol. The highest BCUT2D eigenvalue weighted by Crippen LogP contribution is 2.26. The maximum atomic E-state index is 11.8. The molecule has 28 heavy (non-hydrogen) atoms. The topological polar surface area (TPSA) is 122 Å². The lowest BCUT2D eigenvalue weighted by Gasteiger charge is -2.11. The van der Waals surface area contributed by atoms with Gasteiger partial charge in [0, 0.05) is 5.56 Å². The highest BCUT2D eigenvalue weighted by molar-refractivity contribution is 5.87. The lowest BCUT2D eigenvalue weighted by Crippen LogP contribution is -2.12. The molecule has 0 spiro atoms. The lowest BCUT2D eigenvalue weighted by atomic mass is 10.1. The van der Waals surface area contributed by atoms with Crippen molar-refractivity contribution in [1.82, 2.24) is 9.97 Å². The van der Waals surface area contributed by atoms with Gasteiger partial charge in [-0.3, -0.25) is 0 Å². The minimum Gasteiger partial charge on any atom is -0.508 e. The van der Waals surface area contributed by atoms with Gasteiger partial charge in [0.2, 0.25) is 0 Å². The van der Waals surface area contributed by atoms with Gasteiger partial charge in [-0.15, -0.1) is 0 Å². The Bertz CT molecular complexity index is 957. The van der Waals surface area contributed by atoms with E-state index in [9.17, 15) is 20.1 Å². The molecule has 1 aromatic heterocycles. The van der Waals surface area contributed by atoms with E-state index in [-0.39, 0.29) is 23.0 Å². The van der Waals surface area contributed by atoms with Crippen molar-refractivity contribution in [2.24, 2.45) is 0 Å². The van der Waals surface area contributed by atoms with Crippen molar-refractivity contribution in [3.8, 4) is 28.6 Å². The summed E-state index contributed by atoms with van der Waals surface area (Å²) in [5.74, 6) is 0.770. The van der Waals surface area contributed by atoms with Crippen molar-refractivity contribution < 1.29 is 29.6 Å². The van der Waals surface area contributed by atoms with E-state index in [1.54, 1.807) is 36.4 Å². The molecule has 0 aliphatic carbocycles. The van der Waals surface area contributed by atoms with Gasteiger partial charge in [-0.05, 0) is 54.6 Å². The van der Waals surface area contributed by atoms with Gasteiger partial charge in [0.05, 0.1) is 19.4 Å². The Morgan fingerprint density at radius 3 is 2.21 bits per heavy atom. The summed E-state index contributed by atoms with van der Waals surface area (Å²) in [6.07, 6.45) is -1.25. The van der Waals surface area contributed by atoms with E-state index in [4.69, 9.17) is 4.74 Å². The summed E-state index contributed by atoms with van der Waals surface area (Å²) in [5.41, 5.74) is 0.659. The molecule has 0 aliphatic rings. The molecule has 3 N–H and O–H groups in total. The molecule has 1 atom stereocenters. The molecule has 144 valence electrons. The van der Waals surface area contributed by atoms with Crippen molar-refractivity contribution in [2.75, 3.05) is 13.7 Å². The maximum Gasteiger partial charge on any atom is 0.356 e. The van der Waals surface area contributed by atoms with E-state index in [1.807, 2.05) is 0 Å². The molecule has 2 aromatic carbocycles. The Balaban J connectivity index is 1.89. The average molecular weight is 382 g/mol. The maximum absolute atomic E-state index is 11.8. The number of rotatable bonds is 6. The molecule has 0 amide bonds. The molecular formula is C20H18N2O6. The number of aromatic hydroxyl groups is 1. The zero-order valence-electron chi connectivity index (χ0n) is 14.9. The predicted molar refractivity (Wildman–Crippen MR) is 99.0 cm³/mol. The number of hydrogen-bond donors (Lipinski definition) is 3. The minimum absolute atomic E-state index is 0.0283. The molecule has 1 heterocycles. The summed E-state index contributed by atoms with van der Waals surface area (Å²) in [5, 5.41) is 28.4. The zero-order chi connectivity index (χ0) is 20.1. The Hall–Kier alpha value is -3.49. The van der Waals surface area contributed by atoms with Gasteiger partial charge in [0.1, 0.15) is 23.4 Å². The van der Waals surface area contributed by atoms with Crippen LogP contribution in [0.4, 0.5) is 0 Å². The summed E-state index contributed by atoms with van der Waals surface area (Å²) >= 11 is 0. The van der Waals surface area contributed by atoms with Crippen molar-refractivity contribution in [3.63, 3.8) is 0 Å². The molecule has 0 fully saturated rings. The fourth-order valence-electron chi connectivity index (χ4n) is 2.39. The van der Waals surface area contributed by atoms with E-state index in [2.05, 4.69) is 14.7 Å². The molecule has 0 bridgehead atoms. The first-order chi connectivity index (χ1) is 13.5. The zero-order valence-corrected chi connectivity index (χ0v) is 14.9. The Morgan fingerprint density at radius 1 is 1.04 bits per heavy atom. The summed E-state index contributed by atoms with van der Waals surface area (Å²) < 4.78 is 10.4. The molecule has 8 nitrogen and oxygen atoms in total. The number of aromatic nitrogens is 2. The van der Waals surface area contributed by atoms with Gasteiger partial charge >= 0.3 is 5.97 Å². The van der Waals surface area contributed by atoms with E-state index >= 15 is 0 Å². The average Bonchev–Trinajstić information content (AvgIpc) is 2.74. The first kappa shape index (κ1) is 19.3. The highest BCUT2D eigenvalue weighted by atomic mass is 16.5. The molecule has 0 radical (unpaired) electrons. The molecule has 8 heteroatoms. The van der Waals surface area contributed by atoms with Gasteiger partial charge in [0.25, 0.3) is 0 Å². The summed E-state index contributed by atoms with van der Waals surface area (Å²) in [6, 6.07) is 14.4. The van der Waals surface area contributed by atoms with Crippen molar-refractivity contribution >= 4 is 5.97 Å². The number of nitrogens with zero attached hydrogens (tertiary/aromatic N) is 2. The number of benzene rings is 2. The second-order valence-corrected chi connectivity index (χ2v) is 5.81. The molecule has 0 aliphatic heterocycles. The quantitative estimate of drug-likeness (QED) is 0.556. The number of aliphatic hydroxyl groups is 2. The van der Waals surface area contributed by atoms with Crippen LogP contribution in [0.2, 0.25) is 0 Å². The van der Waals surface area contributed by atoms with E-state index in [0.29, 0.717) is 17.1 Å². The lowest BCUT2D eigenvalue weighted by molar-refractivity contribution is 0.0592. The minimum atomic E-state index is -1.25. The van der Waals surface area contributed by atoms with Crippen LogP contribution >= 0.6 is 0 Å².